The first-order chi connectivity index (χ1) is 13.1. The van der Waals surface area contributed by atoms with E-state index in [0.717, 1.165) is 48.7 Å². The van der Waals surface area contributed by atoms with Crippen molar-refractivity contribution < 1.29 is 4.79 Å². The van der Waals surface area contributed by atoms with Gasteiger partial charge in [-0.3, -0.25) is 9.79 Å². The molecule has 6 nitrogen and oxygen atoms in total. The van der Waals surface area contributed by atoms with Gasteiger partial charge in [-0.15, -0.1) is 0 Å². The van der Waals surface area contributed by atoms with Crippen LogP contribution in [0.5, 0.6) is 0 Å². The van der Waals surface area contributed by atoms with Gasteiger partial charge in [0.25, 0.3) is 0 Å². The summed E-state index contributed by atoms with van der Waals surface area (Å²) in [6.07, 6.45) is 1.84. The molecule has 1 fully saturated rings. The lowest BCUT2D eigenvalue weighted by atomic mass is 9.84. The molecule has 27 heavy (non-hydrogen) atoms. The molecule has 2 aliphatic heterocycles. The van der Waals surface area contributed by atoms with Crippen molar-refractivity contribution in [3.05, 3.63) is 58.6 Å². The number of nitrogens with zero attached hydrogens (tertiary/aromatic N) is 1. The second-order valence-electron chi connectivity index (χ2n) is 7.00. The monoisotopic (exact) mass is 383 g/mol. The molecule has 5 N–H and O–H groups in total. The molecule has 0 atom stereocenters. The van der Waals surface area contributed by atoms with E-state index >= 15 is 0 Å². The zero-order chi connectivity index (χ0) is 18.9. The average Bonchev–Trinajstić information content (AvgIpc) is 2.66. The minimum absolute atomic E-state index is 0.245. The SMILES string of the molecule is NC(=O)c1ccc2c(c1)NC(=NCc1cccc(Cl)c1)C1(CCNCC1)N2. The number of nitrogens with one attached hydrogen (secondary N) is 3. The second kappa shape index (κ2) is 7.21. The molecule has 2 aromatic carbocycles. The minimum atomic E-state index is -0.445. The van der Waals surface area contributed by atoms with E-state index in [1.54, 1.807) is 12.1 Å². The van der Waals surface area contributed by atoms with Crippen LogP contribution >= 0.6 is 11.6 Å². The number of benzene rings is 2. The Morgan fingerprint density at radius 1 is 1.15 bits per heavy atom. The molecule has 1 saturated heterocycles. The van der Waals surface area contributed by atoms with Crippen LogP contribution < -0.4 is 21.7 Å². The van der Waals surface area contributed by atoms with E-state index in [1.807, 2.05) is 30.3 Å². The molecular weight excluding hydrogens is 362 g/mol. The number of piperidine rings is 1. The average molecular weight is 384 g/mol. The van der Waals surface area contributed by atoms with Crippen LogP contribution in [0.15, 0.2) is 47.5 Å². The van der Waals surface area contributed by atoms with E-state index in [1.165, 1.54) is 0 Å². The standard InChI is InChI=1S/C20H22ClN5O/c21-15-3-1-2-13(10-15)12-24-19-20(6-8-23-9-7-20)26-16-5-4-14(18(22)27)11-17(16)25-19/h1-5,10-11,23,26H,6-9,12H2,(H2,22,27)(H,24,25). The van der Waals surface area contributed by atoms with Gasteiger partial charge in [0, 0.05) is 10.6 Å². The van der Waals surface area contributed by atoms with Crippen molar-refractivity contribution in [2.75, 3.05) is 23.7 Å². The first kappa shape index (κ1) is 17.8. The van der Waals surface area contributed by atoms with Crippen molar-refractivity contribution in [3.63, 3.8) is 0 Å². The zero-order valence-corrected chi connectivity index (χ0v) is 15.6. The van der Waals surface area contributed by atoms with Crippen LogP contribution in [-0.4, -0.2) is 30.4 Å². The first-order valence-corrected chi connectivity index (χ1v) is 9.43. The summed E-state index contributed by atoms with van der Waals surface area (Å²) >= 11 is 6.09. The molecule has 0 radical (unpaired) electrons. The predicted octanol–water partition coefficient (Wildman–Crippen LogP) is 3.00. The molecule has 2 aromatic rings. The lowest BCUT2D eigenvalue weighted by Gasteiger charge is -2.44. The lowest BCUT2D eigenvalue weighted by molar-refractivity contribution is 0.100. The lowest BCUT2D eigenvalue weighted by Crippen LogP contribution is -2.57. The minimum Gasteiger partial charge on any atom is -0.371 e. The van der Waals surface area contributed by atoms with E-state index in [0.29, 0.717) is 17.1 Å². The number of primary amides is 1. The van der Waals surface area contributed by atoms with E-state index in [9.17, 15) is 4.79 Å². The number of amidine groups is 1. The normalized spacial score (nSPS) is 19.2. The highest BCUT2D eigenvalue weighted by molar-refractivity contribution is 6.30. The van der Waals surface area contributed by atoms with Crippen molar-refractivity contribution in [1.82, 2.24) is 5.32 Å². The summed E-state index contributed by atoms with van der Waals surface area (Å²) in [6.45, 7) is 2.36. The zero-order valence-electron chi connectivity index (χ0n) is 14.9. The summed E-state index contributed by atoms with van der Waals surface area (Å²) in [6, 6.07) is 13.1. The number of hydrogen-bond acceptors (Lipinski definition) is 4. The molecule has 1 amide bonds. The number of anilines is 2. The maximum absolute atomic E-state index is 11.5. The maximum atomic E-state index is 11.5. The summed E-state index contributed by atoms with van der Waals surface area (Å²) in [7, 11) is 0. The molecule has 0 saturated carbocycles. The molecule has 2 aliphatic rings. The van der Waals surface area contributed by atoms with Crippen molar-refractivity contribution in [3.8, 4) is 0 Å². The van der Waals surface area contributed by atoms with E-state index in [-0.39, 0.29) is 5.54 Å². The van der Waals surface area contributed by atoms with Gasteiger partial charge in [0.1, 0.15) is 5.84 Å². The summed E-state index contributed by atoms with van der Waals surface area (Å²) in [4.78, 5) is 16.4. The van der Waals surface area contributed by atoms with Crippen LogP contribution in [0.2, 0.25) is 5.02 Å². The number of fused-ring (bicyclic) bond motifs is 1. The number of rotatable bonds is 3. The van der Waals surface area contributed by atoms with Crippen molar-refractivity contribution in [2.24, 2.45) is 10.7 Å². The third-order valence-corrected chi connectivity index (χ3v) is 5.39. The number of carbonyl (C=O) groups is 1. The van der Waals surface area contributed by atoms with Crippen LogP contribution in [0.1, 0.15) is 28.8 Å². The molecule has 2 heterocycles. The Balaban J connectivity index is 1.69. The quantitative estimate of drug-likeness (QED) is 0.655. The fraction of sp³-hybridized carbons (Fsp3) is 0.300. The van der Waals surface area contributed by atoms with Crippen LogP contribution in [0, 0.1) is 0 Å². The number of halogens is 1. The Bertz CT molecular complexity index is 905. The van der Waals surface area contributed by atoms with Gasteiger partial charge in [0.2, 0.25) is 5.91 Å². The highest BCUT2D eigenvalue weighted by Crippen LogP contribution is 2.36. The van der Waals surface area contributed by atoms with E-state index in [4.69, 9.17) is 22.3 Å². The Hall–Kier alpha value is -2.57. The number of hydrogen-bond donors (Lipinski definition) is 4. The van der Waals surface area contributed by atoms with E-state index in [2.05, 4.69) is 16.0 Å². The van der Waals surface area contributed by atoms with Gasteiger partial charge < -0.3 is 21.7 Å². The van der Waals surface area contributed by atoms with Gasteiger partial charge in [-0.1, -0.05) is 23.7 Å². The van der Waals surface area contributed by atoms with Crippen LogP contribution in [0.4, 0.5) is 11.4 Å². The highest BCUT2D eigenvalue weighted by Gasteiger charge is 2.41. The Morgan fingerprint density at radius 2 is 1.96 bits per heavy atom. The molecule has 4 rings (SSSR count). The summed E-state index contributed by atoms with van der Waals surface area (Å²) < 4.78 is 0. The fourth-order valence-electron chi connectivity index (χ4n) is 3.69. The molecule has 1 spiro atoms. The topological polar surface area (TPSA) is 91.5 Å². The van der Waals surface area contributed by atoms with Gasteiger partial charge in [-0.05, 0) is 61.8 Å². The van der Waals surface area contributed by atoms with Crippen molar-refractivity contribution in [1.29, 1.82) is 0 Å². The number of aliphatic imine (C=N–C) groups is 1. The Morgan fingerprint density at radius 3 is 2.70 bits per heavy atom. The molecule has 0 bridgehead atoms. The van der Waals surface area contributed by atoms with Gasteiger partial charge >= 0.3 is 0 Å². The smallest absolute Gasteiger partial charge is 0.248 e. The number of amides is 1. The third-order valence-electron chi connectivity index (χ3n) is 5.15. The van der Waals surface area contributed by atoms with Crippen LogP contribution in [0.25, 0.3) is 0 Å². The van der Waals surface area contributed by atoms with E-state index < -0.39 is 5.91 Å². The summed E-state index contributed by atoms with van der Waals surface area (Å²) in [5.74, 6) is 0.442. The van der Waals surface area contributed by atoms with Gasteiger partial charge in [-0.2, -0.15) is 0 Å². The Labute approximate surface area is 163 Å². The third kappa shape index (κ3) is 3.63. The summed E-state index contributed by atoms with van der Waals surface area (Å²) in [5.41, 5.74) is 8.49. The molecule has 7 heteroatoms. The first-order valence-electron chi connectivity index (χ1n) is 9.05. The molecule has 0 aliphatic carbocycles. The second-order valence-corrected chi connectivity index (χ2v) is 7.44. The van der Waals surface area contributed by atoms with Crippen molar-refractivity contribution >= 4 is 34.7 Å². The van der Waals surface area contributed by atoms with Crippen molar-refractivity contribution in [2.45, 2.75) is 24.9 Å². The maximum Gasteiger partial charge on any atom is 0.248 e. The molecule has 0 unspecified atom stereocenters. The number of nitrogens with two attached hydrogens (primary N) is 1. The Kier molecular flexibility index (Phi) is 4.76. The van der Waals surface area contributed by atoms with Gasteiger partial charge in [-0.25, -0.2) is 0 Å². The summed E-state index contributed by atoms with van der Waals surface area (Å²) in [5, 5.41) is 11.2. The van der Waals surface area contributed by atoms with Crippen LogP contribution in [-0.2, 0) is 6.54 Å². The molecular formula is C20H22ClN5O. The fourth-order valence-corrected chi connectivity index (χ4v) is 3.90. The van der Waals surface area contributed by atoms with Gasteiger partial charge in [0.05, 0.1) is 23.5 Å². The predicted molar refractivity (Wildman–Crippen MR) is 110 cm³/mol. The van der Waals surface area contributed by atoms with Gasteiger partial charge in [0.15, 0.2) is 0 Å². The van der Waals surface area contributed by atoms with Crippen LogP contribution in [0.3, 0.4) is 0 Å². The molecule has 140 valence electrons. The largest absolute Gasteiger partial charge is 0.371 e. The highest BCUT2D eigenvalue weighted by atomic mass is 35.5. The molecule has 0 aromatic heterocycles. The number of carbonyl (C=O) groups excluding carboxylic acids is 1.